The van der Waals surface area contributed by atoms with Gasteiger partial charge in [-0.3, -0.25) is 9.59 Å². The molecule has 0 radical (unpaired) electrons. The maximum absolute atomic E-state index is 11.3. The molecule has 31 heavy (non-hydrogen) atoms. The number of hydrogen-bond acceptors (Lipinski definition) is 5. The van der Waals surface area contributed by atoms with Crippen molar-refractivity contribution in [2.24, 2.45) is 0 Å². The molecule has 0 saturated carbocycles. The van der Waals surface area contributed by atoms with Crippen molar-refractivity contribution in [2.45, 2.75) is 33.8 Å². The smallest absolute Gasteiger partial charge is 0.280 e. The van der Waals surface area contributed by atoms with E-state index in [0.29, 0.717) is 9.79 Å². The molecule has 0 amide bonds. The summed E-state index contributed by atoms with van der Waals surface area (Å²) in [5.74, 6) is 0.248. The van der Waals surface area contributed by atoms with E-state index in [-0.39, 0.29) is 31.6 Å². The number of carbonyl (C=O) groups is 2. The molecule has 2 atom stereocenters. The number of ether oxygens (including phenoxy) is 2. The predicted octanol–water partition coefficient (Wildman–Crippen LogP) is 8.65. The van der Waals surface area contributed by atoms with Crippen LogP contribution in [-0.2, 0) is 9.59 Å². The molecule has 0 aliphatic heterocycles. The first-order chi connectivity index (χ1) is 14.1. The third-order valence-electron chi connectivity index (χ3n) is 3.47. The third kappa shape index (κ3) is 7.02. The first-order valence-electron chi connectivity index (χ1n) is 7.95. The summed E-state index contributed by atoms with van der Waals surface area (Å²) in [5, 5.41) is -4.72. The van der Waals surface area contributed by atoms with E-state index in [9.17, 15) is 9.59 Å². The topological polar surface area (TPSA) is 52.6 Å². The molecule has 0 aliphatic rings. The minimum atomic E-state index is -1.80. The lowest BCUT2D eigenvalue weighted by atomic mass is 10.3. The molecule has 2 aromatic rings. The quantitative estimate of drug-likeness (QED) is 0.223. The number of alkyl halides is 2. The lowest BCUT2D eigenvalue weighted by Crippen LogP contribution is -2.31. The summed E-state index contributed by atoms with van der Waals surface area (Å²) in [6, 6.07) is 5.61. The third-order valence-corrected chi connectivity index (χ3v) is 7.81. The summed E-state index contributed by atoms with van der Waals surface area (Å²) in [7, 11) is 0. The monoisotopic (exact) mass is 602 g/mol. The molecular formula is C18H10Cl8O4S. The number of rotatable bonds is 8. The van der Waals surface area contributed by atoms with E-state index < -0.39 is 20.6 Å². The van der Waals surface area contributed by atoms with Crippen LogP contribution < -0.4 is 9.47 Å². The Bertz CT molecular complexity index is 914. The molecule has 13 heteroatoms. The fraction of sp³-hybridized carbons (Fsp3) is 0.222. The van der Waals surface area contributed by atoms with Gasteiger partial charge in [-0.1, -0.05) is 81.4 Å². The van der Waals surface area contributed by atoms with Crippen molar-refractivity contribution in [2.75, 3.05) is 0 Å². The zero-order chi connectivity index (χ0) is 23.7. The zero-order valence-electron chi connectivity index (χ0n) is 15.4. The van der Waals surface area contributed by atoms with Crippen LogP contribution in [0, 0.1) is 0 Å². The number of carbonyl (C=O) groups excluding carboxylic acids is 2. The Hall–Kier alpha value is 0.0500. The summed E-state index contributed by atoms with van der Waals surface area (Å²) >= 11 is 49.0. The summed E-state index contributed by atoms with van der Waals surface area (Å²) in [4.78, 5) is 23.5. The lowest BCUT2D eigenvalue weighted by molar-refractivity contribution is -0.120. The molecule has 0 bridgehead atoms. The van der Waals surface area contributed by atoms with Crippen LogP contribution in [0.3, 0.4) is 0 Å². The van der Waals surface area contributed by atoms with Gasteiger partial charge in [-0.25, -0.2) is 0 Å². The van der Waals surface area contributed by atoms with Gasteiger partial charge in [0.15, 0.2) is 0 Å². The van der Waals surface area contributed by atoms with Gasteiger partial charge in [0.2, 0.25) is 0 Å². The molecule has 0 N–H and O–H groups in total. The standard InChI is InChI=1S/C18H10Cl8O4S/c1-17(25,15(23)27)29-7-3-9(19)13(10(20)4-7)31-14-11(21)5-8(6-12(14)22)30-18(2,26)16(24)28/h3-6H,1-2H3. The molecule has 0 spiro atoms. The Kier molecular flexibility index (Phi) is 9.28. The SMILES string of the molecule is CC(Cl)(Oc1cc(Cl)c(Sc2c(Cl)cc(OC(C)(Cl)C(=O)Cl)cc2Cl)c(Cl)c1)C(=O)Cl. The number of halogens is 8. The molecule has 168 valence electrons. The Balaban J connectivity index is 2.34. The van der Waals surface area contributed by atoms with Gasteiger partial charge in [0.25, 0.3) is 20.6 Å². The summed E-state index contributed by atoms with van der Waals surface area (Å²) in [6.45, 7) is 2.56. The minimum Gasteiger partial charge on any atom is -0.463 e. The molecule has 0 fully saturated rings. The highest BCUT2D eigenvalue weighted by Crippen LogP contribution is 2.47. The molecule has 2 unspecified atom stereocenters. The van der Waals surface area contributed by atoms with E-state index in [0.717, 1.165) is 11.8 Å². The highest BCUT2D eigenvalue weighted by atomic mass is 35.5. The average molecular weight is 606 g/mol. The van der Waals surface area contributed by atoms with Crippen LogP contribution in [0.4, 0.5) is 0 Å². The molecule has 2 rings (SSSR count). The fourth-order valence-corrected chi connectivity index (χ4v) is 4.49. The van der Waals surface area contributed by atoms with Crippen LogP contribution in [0.15, 0.2) is 34.1 Å². The zero-order valence-corrected chi connectivity index (χ0v) is 22.2. The molecular weight excluding hydrogens is 596 g/mol. The van der Waals surface area contributed by atoms with E-state index >= 15 is 0 Å². The second-order valence-corrected chi connectivity index (χ2v) is 10.9. The normalized spacial score (nSPS) is 15.0. The maximum atomic E-state index is 11.3. The van der Waals surface area contributed by atoms with Crippen LogP contribution in [0.2, 0.25) is 20.1 Å². The van der Waals surface area contributed by atoms with E-state index in [2.05, 4.69) is 0 Å². The van der Waals surface area contributed by atoms with Gasteiger partial charge in [-0.2, -0.15) is 0 Å². The van der Waals surface area contributed by atoms with E-state index in [4.69, 9.17) is 102 Å². The van der Waals surface area contributed by atoms with Crippen molar-refractivity contribution in [3.63, 3.8) is 0 Å². The second kappa shape index (κ2) is 10.5. The van der Waals surface area contributed by atoms with Crippen molar-refractivity contribution in [3.8, 4) is 11.5 Å². The largest absolute Gasteiger partial charge is 0.463 e. The van der Waals surface area contributed by atoms with E-state index in [1.165, 1.54) is 38.1 Å². The van der Waals surface area contributed by atoms with Crippen molar-refractivity contribution in [3.05, 3.63) is 44.4 Å². The summed E-state index contributed by atoms with van der Waals surface area (Å²) < 4.78 is 10.7. The van der Waals surface area contributed by atoms with Crippen LogP contribution in [0.25, 0.3) is 0 Å². The number of hydrogen-bond donors (Lipinski definition) is 0. The van der Waals surface area contributed by atoms with Crippen molar-refractivity contribution in [1.29, 1.82) is 0 Å². The fourth-order valence-electron chi connectivity index (χ4n) is 2.01. The highest BCUT2D eigenvalue weighted by Gasteiger charge is 2.33. The van der Waals surface area contributed by atoms with Gasteiger partial charge in [-0.05, 0) is 37.0 Å². The molecule has 0 heterocycles. The summed E-state index contributed by atoms with van der Waals surface area (Å²) in [5.41, 5.74) is 0. The molecule has 0 saturated heterocycles. The first-order valence-corrected chi connectivity index (χ1v) is 11.8. The predicted molar refractivity (Wildman–Crippen MR) is 129 cm³/mol. The molecule has 2 aromatic carbocycles. The Morgan fingerprint density at radius 2 is 0.968 bits per heavy atom. The van der Waals surface area contributed by atoms with Crippen molar-refractivity contribution < 1.29 is 19.1 Å². The van der Waals surface area contributed by atoms with Gasteiger partial charge in [-0.15, -0.1) is 0 Å². The summed E-state index contributed by atoms with van der Waals surface area (Å²) in [6.07, 6.45) is 0. The van der Waals surface area contributed by atoms with Gasteiger partial charge in [0, 0.05) is 34.1 Å². The van der Waals surface area contributed by atoms with Gasteiger partial charge in [0.05, 0.1) is 20.1 Å². The van der Waals surface area contributed by atoms with Crippen LogP contribution in [0.1, 0.15) is 13.8 Å². The molecule has 0 aliphatic carbocycles. The van der Waals surface area contributed by atoms with Crippen LogP contribution >= 0.6 is 105 Å². The average Bonchev–Trinajstić information content (AvgIpc) is 2.58. The molecule has 4 nitrogen and oxygen atoms in total. The van der Waals surface area contributed by atoms with E-state index in [1.807, 2.05) is 0 Å². The van der Waals surface area contributed by atoms with Gasteiger partial charge >= 0.3 is 0 Å². The van der Waals surface area contributed by atoms with Gasteiger partial charge in [0.1, 0.15) is 11.5 Å². The molecule has 0 aromatic heterocycles. The van der Waals surface area contributed by atoms with Crippen LogP contribution in [-0.4, -0.2) is 20.6 Å². The van der Waals surface area contributed by atoms with Gasteiger partial charge < -0.3 is 9.47 Å². The minimum absolute atomic E-state index is 0.124. The Morgan fingerprint density at radius 3 is 1.19 bits per heavy atom. The van der Waals surface area contributed by atoms with Crippen LogP contribution in [0.5, 0.6) is 11.5 Å². The maximum Gasteiger partial charge on any atom is 0.280 e. The lowest BCUT2D eigenvalue weighted by Gasteiger charge is -2.21. The van der Waals surface area contributed by atoms with Crippen molar-refractivity contribution in [1.82, 2.24) is 0 Å². The van der Waals surface area contributed by atoms with Crippen molar-refractivity contribution >= 4 is 115 Å². The highest BCUT2D eigenvalue weighted by molar-refractivity contribution is 7.99. The second-order valence-electron chi connectivity index (χ2n) is 6.12. The number of benzene rings is 2. The Morgan fingerprint density at radius 1 is 0.710 bits per heavy atom. The first kappa shape index (κ1) is 27.3. The van der Waals surface area contributed by atoms with E-state index in [1.54, 1.807) is 0 Å². The Labute approximate surface area is 222 Å².